The van der Waals surface area contributed by atoms with Gasteiger partial charge in [0.2, 0.25) is 0 Å². The van der Waals surface area contributed by atoms with E-state index in [9.17, 15) is 5.11 Å². The molecular formula is C16H25NO2. The van der Waals surface area contributed by atoms with Gasteiger partial charge in [-0.3, -0.25) is 0 Å². The lowest BCUT2D eigenvalue weighted by molar-refractivity contribution is 0.113. The fourth-order valence-electron chi connectivity index (χ4n) is 2.18. The monoisotopic (exact) mass is 263 g/mol. The number of hydrogen-bond donors (Lipinski definition) is 2. The van der Waals surface area contributed by atoms with E-state index in [0.29, 0.717) is 18.6 Å². The van der Waals surface area contributed by atoms with Crippen molar-refractivity contribution in [3.63, 3.8) is 0 Å². The maximum atomic E-state index is 9.58. The first kappa shape index (κ1) is 14.4. The van der Waals surface area contributed by atoms with Crippen molar-refractivity contribution < 1.29 is 9.84 Å². The zero-order valence-electron chi connectivity index (χ0n) is 12.1. The molecule has 0 bridgehead atoms. The van der Waals surface area contributed by atoms with Gasteiger partial charge >= 0.3 is 0 Å². The Morgan fingerprint density at radius 3 is 2.63 bits per heavy atom. The number of ether oxygens (including phenoxy) is 1. The summed E-state index contributed by atoms with van der Waals surface area (Å²) < 4.78 is 5.96. The topological polar surface area (TPSA) is 41.5 Å². The zero-order chi connectivity index (χ0) is 13.9. The van der Waals surface area contributed by atoms with Gasteiger partial charge in [-0.1, -0.05) is 32.0 Å². The van der Waals surface area contributed by atoms with Gasteiger partial charge in [0.25, 0.3) is 0 Å². The molecule has 106 valence electrons. The van der Waals surface area contributed by atoms with Crippen LogP contribution in [0.1, 0.15) is 45.1 Å². The van der Waals surface area contributed by atoms with Gasteiger partial charge in [-0.25, -0.2) is 0 Å². The van der Waals surface area contributed by atoms with E-state index in [2.05, 4.69) is 25.2 Å². The van der Waals surface area contributed by atoms with Crippen LogP contribution in [0.5, 0.6) is 5.75 Å². The molecule has 1 aliphatic rings. The van der Waals surface area contributed by atoms with Crippen molar-refractivity contribution in [3.05, 3.63) is 29.8 Å². The molecule has 1 fully saturated rings. The first-order valence-corrected chi connectivity index (χ1v) is 7.14. The molecule has 2 rings (SSSR count). The predicted molar refractivity (Wildman–Crippen MR) is 77.7 cm³/mol. The maximum absolute atomic E-state index is 9.58. The number of rotatable bonds is 7. The molecule has 0 heterocycles. The van der Waals surface area contributed by atoms with Crippen LogP contribution in [0.4, 0.5) is 0 Å². The SMILES string of the molecule is CC(C)c1ccccc1OCC(C)(CO)NC1CC1. The molecular weight excluding hydrogens is 238 g/mol. The highest BCUT2D eigenvalue weighted by Gasteiger charge is 2.32. The van der Waals surface area contributed by atoms with Crippen LogP contribution in [0.3, 0.4) is 0 Å². The summed E-state index contributed by atoms with van der Waals surface area (Å²) in [4.78, 5) is 0. The number of nitrogens with one attached hydrogen (secondary N) is 1. The quantitative estimate of drug-likeness (QED) is 0.794. The van der Waals surface area contributed by atoms with Crippen LogP contribution in [-0.2, 0) is 0 Å². The second-order valence-electron chi connectivity index (χ2n) is 6.12. The zero-order valence-corrected chi connectivity index (χ0v) is 12.1. The van der Waals surface area contributed by atoms with Gasteiger partial charge < -0.3 is 15.2 Å². The van der Waals surface area contributed by atoms with Crippen molar-refractivity contribution in [2.75, 3.05) is 13.2 Å². The van der Waals surface area contributed by atoms with Gasteiger partial charge in [0, 0.05) is 6.04 Å². The normalized spacial score (nSPS) is 18.4. The van der Waals surface area contributed by atoms with Crippen LogP contribution in [0.2, 0.25) is 0 Å². The van der Waals surface area contributed by atoms with E-state index >= 15 is 0 Å². The molecule has 1 unspecified atom stereocenters. The Hall–Kier alpha value is -1.06. The van der Waals surface area contributed by atoms with E-state index in [-0.39, 0.29) is 12.1 Å². The summed E-state index contributed by atoms with van der Waals surface area (Å²) in [6.07, 6.45) is 2.41. The molecule has 2 N–H and O–H groups in total. The molecule has 19 heavy (non-hydrogen) atoms. The summed E-state index contributed by atoms with van der Waals surface area (Å²) in [5.41, 5.74) is 0.861. The highest BCUT2D eigenvalue weighted by atomic mass is 16.5. The lowest BCUT2D eigenvalue weighted by Crippen LogP contribution is -2.51. The molecule has 3 nitrogen and oxygen atoms in total. The summed E-state index contributed by atoms with van der Waals surface area (Å²) in [6.45, 7) is 6.92. The van der Waals surface area contributed by atoms with E-state index in [0.717, 1.165) is 5.75 Å². The standard InChI is InChI=1S/C16H25NO2/c1-12(2)14-6-4-5-7-15(14)19-11-16(3,10-18)17-13-8-9-13/h4-7,12-13,17-18H,8-11H2,1-3H3. The van der Waals surface area contributed by atoms with Gasteiger partial charge in [0.1, 0.15) is 12.4 Å². The van der Waals surface area contributed by atoms with Crippen LogP contribution in [-0.4, -0.2) is 29.9 Å². The smallest absolute Gasteiger partial charge is 0.122 e. The molecule has 3 heteroatoms. The molecule has 1 saturated carbocycles. The molecule has 1 aromatic rings. The fourth-order valence-corrected chi connectivity index (χ4v) is 2.18. The molecule has 1 aromatic carbocycles. The molecule has 1 atom stereocenters. The summed E-state index contributed by atoms with van der Waals surface area (Å²) in [5, 5.41) is 13.0. The van der Waals surface area contributed by atoms with Crippen molar-refractivity contribution in [2.24, 2.45) is 0 Å². The molecule has 1 aliphatic carbocycles. The third-order valence-corrected chi connectivity index (χ3v) is 3.57. The number of benzene rings is 1. The second kappa shape index (κ2) is 5.93. The second-order valence-corrected chi connectivity index (χ2v) is 6.12. The Kier molecular flexibility index (Phi) is 4.48. The van der Waals surface area contributed by atoms with Crippen LogP contribution in [0.15, 0.2) is 24.3 Å². The van der Waals surface area contributed by atoms with Crippen LogP contribution < -0.4 is 10.1 Å². The van der Waals surface area contributed by atoms with E-state index in [1.54, 1.807) is 0 Å². The molecule has 0 radical (unpaired) electrons. The van der Waals surface area contributed by atoms with Crippen LogP contribution >= 0.6 is 0 Å². The van der Waals surface area contributed by atoms with Crippen molar-refractivity contribution >= 4 is 0 Å². The minimum atomic E-state index is -0.356. The number of hydrogen-bond acceptors (Lipinski definition) is 3. The summed E-state index contributed by atoms with van der Waals surface area (Å²) in [7, 11) is 0. The minimum absolute atomic E-state index is 0.0906. The first-order chi connectivity index (χ1) is 9.04. The van der Waals surface area contributed by atoms with Crippen LogP contribution in [0, 0.1) is 0 Å². The van der Waals surface area contributed by atoms with E-state index in [1.165, 1.54) is 18.4 Å². The average molecular weight is 263 g/mol. The van der Waals surface area contributed by atoms with Gasteiger partial charge in [0.15, 0.2) is 0 Å². The Balaban J connectivity index is 2.00. The molecule has 0 amide bonds. The van der Waals surface area contributed by atoms with Gasteiger partial charge in [-0.15, -0.1) is 0 Å². The summed E-state index contributed by atoms with van der Waals surface area (Å²) in [5.74, 6) is 1.36. The fraction of sp³-hybridized carbons (Fsp3) is 0.625. The van der Waals surface area contributed by atoms with E-state index in [1.807, 2.05) is 25.1 Å². The Bertz CT molecular complexity index is 415. The van der Waals surface area contributed by atoms with Crippen molar-refractivity contribution in [1.82, 2.24) is 5.32 Å². The third kappa shape index (κ3) is 3.95. The Morgan fingerprint density at radius 1 is 1.37 bits per heavy atom. The highest BCUT2D eigenvalue weighted by molar-refractivity contribution is 5.35. The molecule has 0 aromatic heterocycles. The van der Waals surface area contributed by atoms with Gasteiger partial charge in [-0.05, 0) is 37.3 Å². The minimum Gasteiger partial charge on any atom is -0.491 e. The molecule has 0 spiro atoms. The Morgan fingerprint density at radius 2 is 2.05 bits per heavy atom. The van der Waals surface area contributed by atoms with Gasteiger partial charge in [0.05, 0.1) is 12.1 Å². The van der Waals surface area contributed by atoms with Crippen molar-refractivity contribution in [2.45, 2.75) is 51.1 Å². The van der Waals surface area contributed by atoms with Gasteiger partial charge in [-0.2, -0.15) is 0 Å². The molecule has 0 aliphatic heterocycles. The summed E-state index contributed by atoms with van der Waals surface area (Å²) >= 11 is 0. The number of para-hydroxylation sites is 1. The predicted octanol–water partition coefficient (Wildman–Crippen LogP) is 2.69. The van der Waals surface area contributed by atoms with E-state index in [4.69, 9.17) is 4.74 Å². The number of aliphatic hydroxyl groups excluding tert-OH is 1. The number of aliphatic hydroxyl groups is 1. The largest absolute Gasteiger partial charge is 0.491 e. The van der Waals surface area contributed by atoms with Crippen LogP contribution in [0.25, 0.3) is 0 Å². The average Bonchev–Trinajstić information content (AvgIpc) is 3.20. The first-order valence-electron chi connectivity index (χ1n) is 7.14. The summed E-state index contributed by atoms with van der Waals surface area (Å²) in [6, 6.07) is 8.69. The highest BCUT2D eigenvalue weighted by Crippen LogP contribution is 2.27. The maximum Gasteiger partial charge on any atom is 0.122 e. The lowest BCUT2D eigenvalue weighted by Gasteiger charge is -2.29. The molecule has 0 saturated heterocycles. The Labute approximate surface area is 116 Å². The third-order valence-electron chi connectivity index (χ3n) is 3.57. The van der Waals surface area contributed by atoms with Crippen molar-refractivity contribution in [1.29, 1.82) is 0 Å². The van der Waals surface area contributed by atoms with E-state index < -0.39 is 0 Å². The van der Waals surface area contributed by atoms with Crippen molar-refractivity contribution in [3.8, 4) is 5.75 Å². The lowest BCUT2D eigenvalue weighted by atomic mass is 10.0.